The second-order valence-corrected chi connectivity index (χ2v) is 5.12. The summed E-state index contributed by atoms with van der Waals surface area (Å²) in [6.07, 6.45) is 4.64. The Labute approximate surface area is 137 Å². The molecule has 0 radical (unpaired) electrons. The van der Waals surface area contributed by atoms with E-state index >= 15 is 0 Å². The number of hydrogen-bond acceptors (Lipinski definition) is 3. The molecule has 0 aliphatic heterocycles. The van der Waals surface area contributed by atoms with Crippen molar-refractivity contribution in [1.29, 1.82) is 0 Å². The number of halogens is 2. The number of methoxy groups -OCH3 is 1. The molecule has 0 aromatic heterocycles. The van der Waals surface area contributed by atoms with Crippen molar-refractivity contribution in [3.05, 3.63) is 28.8 Å². The van der Waals surface area contributed by atoms with Crippen LogP contribution in [0.2, 0.25) is 5.02 Å². The lowest BCUT2D eigenvalue weighted by molar-refractivity contribution is -0.121. The van der Waals surface area contributed by atoms with Crippen molar-refractivity contribution >= 4 is 29.9 Å². The smallest absolute Gasteiger partial charge is 0.220 e. The quantitative estimate of drug-likeness (QED) is 0.681. The highest BCUT2D eigenvalue weighted by Crippen LogP contribution is 2.22. The van der Waals surface area contributed by atoms with E-state index in [4.69, 9.17) is 22.1 Å². The normalized spacial score (nSPS) is 9.86. The van der Waals surface area contributed by atoms with E-state index in [0.717, 1.165) is 37.8 Å². The number of nitrogens with one attached hydrogen (secondary N) is 1. The number of unbranched alkanes of at least 4 members (excludes halogenated alkanes) is 3. The van der Waals surface area contributed by atoms with Crippen molar-refractivity contribution in [2.45, 2.75) is 38.6 Å². The predicted octanol–water partition coefficient (Wildman–Crippen LogP) is 3.30. The number of nitrogens with two attached hydrogens (primary N) is 1. The van der Waals surface area contributed by atoms with Crippen molar-refractivity contribution in [2.75, 3.05) is 13.7 Å². The molecule has 0 spiro atoms. The summed E-state index contributed by atoms with van der Waals surface area (Å²) >= 11 is 5.89. The Morgan fingerprint density at radius 2 is 2.00 bits per heavy atom. The SMILES string of the molecule is COc1cc(Cl)ccc1CNC(=O)CCCCCCN.Cl. The van der Waals surface area contributed by atoms with Crippen LogP contribution in [-0.2, 0) is 11.3 Å². The van der Waals surface area contributed by atoms with Gasteiger partial charge in [0.2, 0.25) is 5.91 Å². The zero-order valence-electron chi connectivity index (χ0n) is 12.4. The average molecular weight is 335 g/mol. The maximum absolute atomic E-state index is 11.7. The minimum absolute atomic E-state index is 0. The van der Waals surface area contributed by atoms with Gasteiger partial charge in [0.25, 0.3) is 0 Å². The zero-order chi connectivity index (χ0) is 14.8. The third-order valence-electron chi connectivity index (χ3n) is 3.08. The van der Waals surface area contributed by atoms with Crippen LogP contribution in [0.5, 0.6) is 5.75 Å². The van der Waals surface area contributed by atoms with E-state index in [9.17, 15) is 4.79 Å². The van der Waals surface area contributed by atoms with Crippen LogP contribution in [0.25, 0.3) is 0 Å². The van der Waals surface area contributed by atoms with Crippen molar-refractivity contribution in [3.8, 4) is 5.75 Å². The molecule has 1 rings (SSSR count). The first-order valence-corrected chi connectivity index (χ1v) is 7.34. The van der Waals surface area contributed by atoms with Gasteiger partial charge in [0.1, 0.15) is 5.75 Å². The third-order valence-corrected chi connectivity index (χ3v) is 3.32. The second kappa shape index (κ2) is 11.7. The van der Waals surface area contributed by atoms with Gasteiger partial charge in [-0.15, -0.1) is 12.4 Å². The summed E-state index contributed by atoms with van der Waals surface area (Å²) in [5.74, 6) is 0.760. The molecule has 1 aromatic rings. The summed E-state index contributed by atoms with van der Waals surface area (Å²) in [6, 6.07) is 5.40. The van der Waals surface area contributed by atoms with Crippen LogP contribution in [0.3, 0.4) is 0 Å². The topological polar surface area (TPSA) is 64.3 Å². The van der Waals surface area contributed by atoms with Crippen LogP contribution < -0.4 is 15.8 Å². The summed E-state index contributed by atoms with van der Waals surface area (Å²) in [5, 5.41) is 3.52. The minimum atomic E-state index is 0. The Kier molecular flexibility index (Phi) is 11.1. The first-order valence-electron chi connectivity index (χ1n) is 6.96. The fraction of sp³-hybridized carbons (Fsp3) is 0.533. The van der Waals surface area contributed by atoms with Crippen LogP contribution in [0.15, 0.2) is 18.2 Å². The van der Waals surface area contributed by atoms with Crippen LogP contribution >= 0.6 is 24.0 Å². The molecule has 120 valence electrons. The molecular formula is C15H24Cl2N2O2. The lowest BCUT2D eigenvalue weighted by Gasteiger charge is -2.10. The predicted molar refractivity (Wildman–Crippen MR) is 89.2 cm³/mol. The van der Waals surface area contributed by atoms with Crippen molar-refractivity contribution in [2.24, 2.45) is 5.73 Å². The number of benzene rings is 1. The van der Waals surface area contributed by atoms with Gasteiger partial charge in [-0.05, 0) is 31.5 Å². The van der Waals surface area contributed by atoms with Crippen LogP contribution in [0, 0.1) is 0 Å². The van der Waals surface area contributed by atoms with Crippen molar-refractivity contribution < 1.29 is 9.53 Å². The second-order valence-electron chi connectivity index (χ2n) is 4.69. The van der Waals surface area contributed by atoms with Crippen LogP contribution in [0.4, 0.5) is 0 Å². The Balaban J connectivity index is 0.00000400. The first kappa shape index (κ1) is 20.0. The summed E-state index contributed by atoms with van der Waals surface area (Å²) in [7, 11) is 1.59. The molecule has 0 aliphatic rings. The standard InChI is InChI=1S/C15H23ClN2O2.ClH/c1-20-14-10-13(16)8-7-12(14)11-18-15(19)6-4-2-3-5-9-17;/h7-8,10H,2-6,9,11,17H2,1H3,(H,18,19);1H. The molecule has 6 heteroatoms. The van der Waals surface area contributed by atoms with Gasteiger partial charge in [-0.2, -0.15) is 0 Å². The first-order chi connectivity index (χ1) is 9.67. The van der Waals surface area contributed by atoms with Gasteiger partial charge in [0, 0.05) is 23.6 Å². The summed E-state index contributed by atoms with van der Waals surface area (Å²) in [5.41, 5.74) is 6.34. The Morgan fingerprint density at radius 3 is 2.67 bits per heavy atom. The third kappa shape index (κ3) is 8.15. The molecule has 0 heterocycles. The molecule has 0 saturated heterocycles. The summed E-state index contributed by atoms with van der Waals surface area (Å²) < 4.78 is 5.24. The van der Waals surface area contributed by atoms with Crippen molar-refractivity contribution in [3.63, 3.8) is 0 Å². The maximum atomic E-state index is 11.7. The van der Waals surface area contributed by atoms with E-state index in [2.05, 4.69) is 5.32 Å². The molecule has 21 heavy (non-hydrogen) atoms. The number of carbonyl (C=O) groups excluding carboxylic acids is 1. The number of rotatable bonds is 9. The molecule has 0 aliphatic carbocycles. The van der Waals surface area contributed by atoms with E-state index in [1.165, 1.54) is 0 Å². The number of amides is 1. The Hall–Kier alpha value is -0.970. The molecule has 1 aromatic carbocycles. The Morgan fingerprint density at radius 1 is 1.29 bits per heavy atom. The monoisotopic (exact) mass is 334 g/mol. The van der Waals surface area contributed by atoms with E-state index in [1.54, 1.807) is 19.2 Å². The fourth-order valence-electron chi connectivity index (χ4n) is 1.93. The lowest BCUT2D eigenvalue weighted by atomic mass is 10.1. The van der Waals surface area contributed by atoms with Gasteiger partial charge in [-0.3, -0.25) is 4.79 Å². The van der Waals surface area contributed by atoms with Gasteiger partial charge >= 0.3 is 0 Å². The molecule has 0 fully saturated rings. The summed E-state index contributed by atoms with van der Waals surface area (Å²) in [4.78, 5) is 11.7. The molecule has 1 amide bonds. The van der Waals surface area contributed by atoms with Gasteiger partial charge < -0.3 is 15.8 Å². The highest BCUT2D eigenvalue weighted by molar-refractivity contribution is 6.30. The molecule has 0 unspecified atom stereocenters. The van der Waals surface area contributed by atoms with Crippen molar-refractivity contribution in [1.82, 2.24) is 5.32 Å². The zero-order valence-corrected chi connectivity index (χ0v) is 13.9. The Bertz CT molecular complexity index is 428. The average Bonchev–Trinajstić information content (AvgIpc) is 2.45. The molecular weight excluding hydrogens is 311 g/mol. The largest absolute Gasteiger partial charge is 0.496 e. The lowest BCUT2D eigenvalue weighted by Crippen LogP contribution is -2.22. The van der Waals surface area contributed by atoms with Crippen LogP contribution in [-0.4, -0.2) is 19.6 Å². The number of hydrogen-bond donors (Lipinski definition) is 2. The molecule has 0 atom stereocenters. The maximum Gasteiger partial charge on any atom is 0.220 e. The van der Waals surface area contributed by atoms with E-state index in [0.29, 0.717) is 23.7 Å². The van der Waals surface area contributed by atoms with Crippen LogP contribution in [0.1, 0.15) is 37.7 Å². The fourth-order valence-corrected chi connectivity index (χ4v) is 2.09. The summed E-state index contributed by atoms with van der Waals surface area (Å²) in [6.45, 7) is 1.19. The number of carbonyl (C=O) groups is 1. The van der Waals surface area contributed by atoms with Gasteiger partial charge in [0.05, 0.1) is 7.11 Å². The van der Waals surface area contributed by atoms with E-state index < -0.39 is 0 Å². The number of ether oxygens (including phenoxy) is 1. The molecule has 0 saturated carbocycles. The highest BCUT2D eigenvalue weighted by Gasteiger charge is 2.06. The molecule has 0 bridgehead atoms. The van der Waals surface area contributed by atoms with E-state index in [1.807, 2.05) is 6.07 Å². The van der Waals surface area contributed by atoms with Gasteiger partial charge in [0.15, 0.2) is 0 Å². The molecule has 3 N–H and O–H groups in total. The highest BCUT2D eigenvalue weighted by atomic mass is 35.5. The van der Waals surface area contributed by atoms with Gasteiger partial charge in [-0.25, -0.2) is 0 Å². The minimum Gasteiger partial charge on any atom is -0.496 e. The molecule has 4 nitrogen and oxygen atoms in total. The van der Waals surface area contributed by atoms with Gasteiger partial charge in [-0.1, -0.05) is 30.5 Å². The van der Waals surface area contributed by atoms with E-state index in [-0.39, 0.29) is 18.3 Å².